The number of unbranched alkanes of at least 4 members (excludes halogenated alkanes) is 1. The van der Waals surface area contributed by atoms with Crippen LogP contribution in [0.25, 0.3) is 0 Å². The van der Waals surface area contributed by atoms with E-state index >= 15 is 0 Å². The Hall–Kier alpha value is -0.300. The summed E-state index contributed by atoms with van der Waals surface area (Å²) in [6.45, 7) is 11.4. The molecule has 0 bridgehead atoms. The molecule has 0 unspecified atom stereocenters. The zero-order chi connectivity index (χ0) is 10.8. The molecule has 0 atom stereocenters. The van der Waals surface area contributed by atoms with Crippen LogP contribution in [0, 0.1) is 0 Å². The predicted molar refractivity (Wildman–Crippen MR) is 63.5 cm³/mol. The molecule has 1 aliphatic rings. The van der Waals surface area contributed by atoms with Crippen molar-refractivity contribution >= 4 is 0 Å². The molecule has 0 radical (unpaired) electrons. The van der Waals surface area contributed by atoms with Crippen LogP contribution in [0.5, 0.6) is 0 Å². The topological polar surface area (TPSA) is 12.0 Å². The zero-order valence-electron chi connectivity index (χ0n) is 10.4. The molecule has 1 heterocycles. The molecule has 1 aliphatic heterocycles. The largest absolute Gasteiger partial charge is 0.303 e. The van der Waals surface area contributed by atoms with Crippen LogP contribution in [-0.4, -0.2) is 11.1 Å². The van der Waals surface area contributed by atoms with Gasteiger partial charge in [-0.2, -0.15) is 0 Å². The standard InChI is InChI=1S/C13H25N/c1-6-7-8-11-9-12(2,3)14-13(4,5)10-11/h9,14H,6-8,10H2,1-5H3. The lowest BCUT2D eigenvalue weighted by Crippen LogP contribution is -2.54. The summed E-state index contributed by atoms with van der Waals surface area (Å²) in [5, 5.41) is 3.66. The monoisotopic (exact) mass is 195 g/mol. The summed E-state index contributed by atoms with van der Waals surface area (Å²) in [6, 6.07) is 0. The fourth-order valence-electron chi connectivity index (χ4n) is 2.65. The number of hydrogen-bond donors (Lipinski definition) is 1. The first-order valence-corrected chi connectivity index (χ1v) is 5.85. The SMILES string of the molecule is CCCCC1=CC(C)(C)NC(C)(C)C1. The highest BCUT2D eigenvalue weighted by Gasteiger charge is 2.31. The first-order valence-electron chi connectivity index (χ1n) is 5.85. The smallest absolute Gasteiger partial charge is 0.0314 e. The number of hydrogen-bond acceptors (Lipinski definition) is 1. The summed E-state index contributed by atoms with van der Waals surface area (Å²) in [5.74, 6) is 0. The lowest BCUT2D eigenvalue weighted by Gasteiger charge is -2.41. The Balaban J connectivity index is 2.70. The van der Waals surface area contributed by atoms with Gasteiger partial charge in [0, 0.05) is 11.1 Å². The van der Waals surface area contributed by atoms with Crippen LogP contribution in [0.2, 0.25) is 0 Å². The Morgan fingerprint density at radius 3 is 2.43 bits per heavy atom. The molecular weight excluding hydrogens is 170 g/mol. The van der Waals surface area contributed by atoms with Gasteiger partial charge in [0.05, 0.1) is 0 Å². The van der Waals surface area contributed by atoms with Gasteiger partial charge in [0.2, 0.25) is 0 Å². The molecule has 1 rings (SSSR count). The van der Waals surface area contributed by atoms with Crippen molar-refractivity contribution < 1.29 is 0 Å². The predicted octanol–water partition coefficient (Wildman–Crippen LogP) is 3.65. The summed E-state index contributed by atoms with van der Waals surface area (Å²) in [4.78, 5) is 0. The van der Waals surface area contributed by atoms with Gasteiger partial charge in [0.25, 0.3) is 0 Å². The maximum Gasteiger partial charge on any atom is 0.0314 e. The Kier molecular flexibility index (Phi) is 3.41. The maximum atomic E-state index is 3.66. The Labute approximate surface area is 89.0 Å². The summed E-state index contributed by atoms with van der Waals surface area (Å²) in [6.07, 6.45) is 7.54. The van der Waals surface area contributed by atoms with E-state index in [-0.39, 0.29) is 11.1 Å². The summed E-state index contributed by atoms with van der Waals surface area (Å²) >= 11 is 0. The molecule has 1 N–H and O–H groups in total. The first-order chi connectivity index (χ1) is 6.35. The van der Waals surface area contributed by atoms with Crippen molar-refractivity contribution in [3.05, 3.63) is 11.6 Å². The van der Waals surface area contributed by atoms with Crippen molar-refractivity contribution in [1.82, 2.24) is 5.32 Å². The molecule has 0 fully saturated rings. The van der Waals surface area contributed by atoms with E-state index in [1.807, 2.05) is 0 Å². The highest BCUT2D eigenvalue weighted by molar-refractivity contribution is 5.20. The van der Waals surface area contributed by atoms with Crippen molar-refractivity contribution in [1.29, 1.82) is 0 Å². The van der Waals surface area contributed by atoms with Crippen molar-refractivity contribution in [3.8, 4) is 0 Å². The molecule has 0 spiro atoms. The fourth-order valence-corrected chi connectivity index (χ4v) is 2.65. The molecule has 0 aromatic carbocycles. The van der Waals surface area contributed by atoms with Gasteiger partial charge in [-0.05, 0) is 47.0 Å². The number of nitrogens with one attached hydrogen (secondary N) is 1. The molecule has 14 heavy (non-hydrogen) atoms. The third-order valence-electron chi connectivity index (χ3n) is 2.75. The van der Waals surface area contributed by atoms with Crippen molar-refractivity contribution in [2.75, 3.05) is 0 Å². The zero-order valence-corrected chi connectivity index (χ0v) is 10.4. The lowest BCUT2D eigenvalue weighted by molar-refractivity contribution is 0.279. The molecule has 82 valence electrons. The number of rotatable bonds is 3. The van der Waals surface area contributed by atoms with Gasteiger partial charge in [-0.15, -0.1) is 0 Å². The van der Waals surface area contributed by atoms with E-state index in [0.29, 0.717) is 0 Å². The highest BCUT2D eigenvalue weighted by Crippen LogP contribution is 2.30. The average Bonchev–Trinajstić information content (AvgIpc) is 1.94. The molecule has 1 nitrogen and oxygen atoms in total. The first kappa shape index (κ1) is 11.8. The fraction of sp³-hybridized carbons (Fsp3) is 0.846. The third-order valence-corrected chi connectivity index (χ3v) is 2.75. The van der Waals surface area contributed by atoms with Crippen LogP contribution in [0.4, 0.5) is 0 Å². The second-order valence-electron chi connectivity index (χ2n) is 5.81. The molecule has 0 amide bonds. The van der Waals surface area contributed by atoms with Gasteiger partial charge in [-0.3, -0.25) is 0 Å². The minimum atomic E-state index is 0.171. The molecule has 0 aromatic rings. The van der Waals surface area contributed by atoms with Crippen molar-refractivity contribution in [3.63, 3.8) is 0 Å². The quantitative estimate of drug-likeness (QED) is 0.678. The van der Waals surface area contributed by atoms with E-state index in [9.17, 15) is 0 Å². The highest BCUT2D eigenvalue weighted by atomic mass is 15.0. The molecular formula is C13H25N. The Morgan fingerprint density at radius 1 is 1.29 bits per heavy atom. The van der Waals surface area contributed by atoms with Gasteiger partial charge in [0.1, 0.15) is 0 Å². The van der Waals surface area contributed by atoms with Crippen LogP contribution in [-0.2, 0) is 0 Å². The molecule has 0 saturated heterocycles. The van der Waals surface area contributed by atoms with Gasteiger partial charge in [0.15, 0.2) is 0 Å². The summed E-state index contributed by atoms with van der Waals surface area (Å²) < 4.78 is 0. The minimum Gasteiger partial charge on any atom is -0.303 e. The second kappa shape index (κ2) is 4.06. The van der Waals surface area contributed by atoms with Gasteiger partial charge >= 0.3 is 0 Å². The van der Waals surface area contributed by atoms with E-state index in [1.165, 1.54) is 25.7 Å². The van der Waals surface area contributed by atoms with Gasteiger partial charge in [-0.1, -0.05) is 25.0 Å². The van der Waals surface area contributed by atoms with Crippen LogP contribution in [0.15, 0.2) is 11.6 Å². The van der Waals surface area contributed by atoms with E-state index in [1.54, 1.807) is 5.57 Å². The van der Waals surface area contributed by atoms with Crippen molar-refractivity contribution in [2.24, 2.45) is 0 Å². The summed E-state index contributed by atoms with van der Waals surface area (Å²) in [5.41, 5.74) is 2.08. The minimum absolute atomic E-state index is 0.171. The Morgan fingerprint density at radius 2 is 1.93 bits per heavy atom. The van der Waals surface area contributed by atoms with E-state index < -0.39 is 0 Å². The molecule has 0 aromatic heterocycles. The van der Waals surface area contributed by atoms with Crippen molar-refractivity contribution in [2.45, 2.75) is 71.4 Å². The normalized spacial score (nSPS) is 24.5. The van der Waals surface area contributed by atoms with Crippen LogP contribution in [0.3, 0.4) is 0 Å². The van der Waals surface area contributed by atoms with E-state index in [2.05, 4.69) is 46.0 Å². The van der Waals surface area contributed by atoms with Crippen LogP contribution in [0.1, 0.15) is 60.3 Å². The Bertz CT molecular complexity index is 223. The van der Waals surface area contributed by atoms with Gasteiger partial charge in [-0.25, -0.2) is 0 Å². The average molecular weight is 195 g/mol. The second-order valence-corrected chi connectivity index (χ2v) is 5.81. The third kappa shape index (κ3) is 3.45. The molecule has 0 saturated carbocycles. The van der Waals surface area contributed by atoms with Crippen LogP contribution < -0.4 is 5.32 Å². The molecule has 1 heteroatoms. The van der Waals surface area contributed by atoms with Crippen LogP contribution >= 0.6 is 0 Å². The maximum absolute atomic E-state index is 3.66. The van der Waals surface area contributed by atoms with E-state index in [4.69, 9.17) is 0 Å². The van der Waals surface area contributed by atoms with Gasteiger partial charge < -0.3 is 5.32 Å². The lowest BCUT2D eigenvalue weighted by atomic mass is 9.82. The summed E-state index contributed by atoms with van der Waals surface area (Å²) in [7, 11) is 0. The van der Waals surface area contributed by atoms with E-state index in [0.717, 1.165) is 0 Å². The molecule has 0 aliphatic carbocycles.